The fourth-order valence-electron chi connectivity index (χ4n) is 1.05. The molecule has 0 saturated carbocycles. The third kappa shape index (κ3) is 2.15. The maximum atomic E-state index is 12.3. The van der Waals surface area contributed by atoms with Crippen LogP contribution in [0.2, 0.25) is 0 Å². The summed E-state index contributed by atoms with van der Waals surface area (Å²) in [6.45, 7) is 1.70. The van der Waals surface area contributed by atoms with E-state index in [1.807, 2.05) is 25.1 Å². The van der Waals surface area contributed by atoms with Gasteiger partial charge in [-0.05, 0) is 52.3 Å². The van der Waals surface area contributed by atoms with Crippen LogP contribution in [-0.2, 0) is 13.1 Å². The van der Waals surface area contributed by atoms with Crippen molar-refractivity contribution in [1.82, 2.24) is 0 Å². The van der Waals surface area contributed by atoms with Gasteiger partial charge in [-0.1, -0.05) is 13.0 Å². The lowest BCUT2D eigenvalue weighted by atomic mass is 10.1. The van der Waals surface area contributed by atoms with E-state index in [2.05, 4.69) is 22.6 Å². The monoisotopic (exact) mass is 264 g/mol. The highest BCUT2D eigenvalue weighted by Crippen LogP contribution is 2.15. The molecule has 0 N–H and O–H groups in total. The number of hydrogen-bond acceptors (Lipinski definition) is 0. The van der Waals surface area contributed by atoms with Crippen molar-refractivity contribution in [2.24, 2.45) is 0 Å². The third-order valence-electron chi connectivity index (χ3n) is 1.69. The highest BCUT2D eigenvalue weighted by Gasteiger charge is 1.99. The van der Waals surface area contributed by atoms with Crippen molar-refractivity contribution >= 4 is 22.6 Å². The Labute approximate surface area is 80.0 Å². The van der Waals surface area contributed by atoms with Crippen LogP contribution in [0.4, 0.5) is 4.39 Å². The van der Waals surface area contributed by atoms with E-state index in [1.54, 1.807) is 0 Å². The third-order valence-corrected chi connectivity index (χ3v) is 2.36. The molecule has 0 radical (unpaired) electrons. The molecule has 0 aliphatic rings. The summed E-state index contributed by atoms with van der Waals surface area (Å²) in [5.74, 6) is 0. The molecule has 0 fully saturated rings. The van der Waals surface area contributed by atoms with Crippen molar-refractivity contribution in [2.45, 2.75) is 20.0 Å². The van der Waals surface area contributed by atoms with Gasteiger partial charge in [0, 0.05) is 3.57 Å². The van der Waals surface area contributed by atoms with Gasteiger partial charge >= 0.3 is 0 Å². The summed E-state index contributed by atoms with van der Waals surface area (Å²) in [6.07, 6.45) is 0.913. The van der Waals surface area contributed by atoms with Crippen LogP contribution >= 0.6 is 22.6 Å². The summed E-state index contributed by atoms with van der Waals surface area (Å²) in [5, 5.41) is 0. The van der Waals surface area contributed by atoms with Gasteiger partial charge in [-0.2, -0.15) is 0 Å². The Morgan fingerprint density at radius 1 is 1.36 bits per heavy atom. The van der Waals surface area contributed by atoms with Gasteiger partial charge in [0.05, 0.1) is 0 Å². The lowest BCUT2D eigenvalue weighted by Crippen LogP contribution is -1.90. The minimum absolute atomic E-state index is 0.347. The highest BCUT2D eigenvalue weighted by atomic mass is 127. The van der Waals surface area contributed by atoms with Gasteiger partial charge in [0.1, 0.15) is 6.67 Å². The molecular weight excluding hydrogens is 254 g/mol. The van der Waals surface area contributed by atoms with Gasteiger partial charge in [-0.25, -0.2) is 4.39 Å². The predicted molar refractivity (Wildman–Crippen MR) is 53.3 cm³/mol. The van der Waals surface area contributed by atoms with E-state index in [0.29, 0.717) is 0 Å². The maximum absolute atomic E-state index is 12.3. The summed E-state index contributed by atoms with van der Waals surface area (Å²) < 4.78 is 13.5. The summed E-state index contributed by atoms with van der Waals surface area (Å²) in [4.78, 5) is 0. The van der Waals surface area contributed by atoms with Crippen molar-refractivity contribution in [3.63, 3.8) is 0 Å². The number of rotatable bonds is 2. The first-order valence-corrected chi connectivity index (χ1v) is 4.69. The fraction of sp³-hybridized carbons (Fsp3) is 0.333. The molecule has 0 bridgehead atoms. The Balaban J connectivity index is 3.06. The molecule has 2 heteroatoms. The molecule has 0 aliphatic carbocycles. The minimum Gasteiger partial charge on any atom is -0.246 e. The zero-order valence-corrected chi connectivity index (χ0v) is 8.56. The summed E-state index contributed by atoms with van der Waals surface area (Å²) in [7, 11) is 0. The molecule has 1 rings (SSSR count). The van der Waals surface area contributed by atoms with Crippen LogP contribution in [0.5, 0.6) is 0 Å². The van der Waals surface area contributed by atoms with E-state index >= 15 is 0 Å². The average molecular weight is 264 g/mol. The molecule has 1 aromatic rings. The molecule has 0 aliphatic heterocycles. The Morgan fingerprint density at radius 2 is 2.09 bits per heavy atom. The van der Waals surface area contributed by atoms with E-state index in [0.717, 1.165) is 17.5 Å². The van der Waals surface area contributed by atoms with Gasteiger partial charge in [0.2, 0.25) is 0 Å². The molecule has 0 aromatic heterocycles. The summed E-state index contributed by atoms with van der Waals surface area (Å²) in [5.41, 5.74) is 1.95. The number of alkyl halides is 1. The van der Waals surface area contributed by atoms with E-state index in [4.69, 9.17) is 0 Å². The molecular formula is C9H10FI. The first kappa shape index (κ1) is 8.97. The van der Waals surface area contributed by atoms with Crippen LogP contribution < -0.4 is 0 Å². The van der Waals surface area contributed by atoms with E-state index < -0.39 is 0 Å². The van der Waals surface area contributed by atoms with Crippen LogP contribution in [0.25, 0.3) is 0 Å². The fourth-order valence-corrected chi connectivity index (χ4v) is 1.61. The lowest BCUT2D eigenvalue weighted by Gasteiger charge is -2.03. The molecule has 0 atom stereocenters. The van der Waals surface area contributed by atoms with E-state index in [-0.39, 0.29) is 6.67 Å². The van der Waals surface area contributed by atoms with Crippen molar-refractivity contribution < 1.29 is 4.39 Å². The normalized spacial score (nSPS) is 10.1. The second kappa shape index (κ2) is 4.04. The smallest absolute Gasteiger partial charge is 0.115 e. The van der Waals surface area contributed by atoms with Gasteiger partial charge in [0.15, 0.2) is 0 Å². The summed E-state index contributed by atoms with van der Waals surface area (Å²) in [6, 6.07) is 5.84. The van der Waals surface area contributed by atoms with Gasteiger partial charge in [-0.15, -0.1) is 0 Å². The molecule has 0 heterocycles. The molecule has 11 heavy (non-hydrogen) atoms. The second-order valence-electron chi connectivity index (χ2n) is 2.40. The zero-order chi connectivity index (χ0) is 8.27. The SMILES string of the molecule is CCc1cc(I)ccc1CF. The predicted octanol–water partition coefficient (Wildman–Crippen LogP) is 3.32. The average Bonchev–Trinajstić information content (AvgIpc) is 2.04. The topological polar surface area (TPSA) is 0 Å². The van der Waals surface area contributed by atoms with Crippen molar-refractivity contribution in [3.8, 4) is 0 Å². The summed E-state index contributed by atoms with van der Waals surface area (Å²) >= 11 is 2.24. The lowest BCUT2D eigenvalue weighted by molar-refractivity contribution is 0.482. The van der Waals surface area contributed by atoms with Gasteiger partial charge in [-0.3, -0.25) is 0 Å². The van der Waals surface area contributed by atoms with Gasteiger partial charge < -0.3 is 0 Å². The first-order valence-electron chi connectivity index (χ1n) is 3.61. The number of hydrogen-bond donors (Lipinski definition) is 0. The number of benzene rings is 1. The van der Waals surface area contributed by atoms with Crippen molar-refractivity contribution in [3.05, 3.63) is 32.9 Å². The van der Waals surface area contributed by atoms with Crippen LogP contribution in [0.1, 0.15) is 18.1 Å². The van der Waals surface area contributed by atoms with Crippen LogP contribution in [-0.4, -0.2) is 0 Å². The largest absolute Gasteiger partial charge is 0.246 e. The molecule has 0 saturated heterocycles. The Bertz CT molecular complexity index is 245. The molecule has 0 spiro atoms. The standard InChI is InChI=1S/C9H10FI/c1-2-7-5-9(11)4-3-8(7)6-10/h3-5H,2,6H2,1H3. The van der Waals surface area contributed by atoms with Crippen LogP contribution in [0, 0.1) is 3.57 Å². The Morgan fingerprint density at radius 3 is 2.64 bits per heavy atom. The minimum atomic E-state index is -0.347. The molecule has 0 unspecified atom stereocenters. The molecule has 0 amide bonds. The van der Waals surface area contributed by atoms with Gasteiger partial charge in [0.25, 0.3) is 0 Å². The Kier molecular flexibility index (Phi) is 3.30. The molecule has 1 aromatic carbocycles. The second-order valence-corrected chi connectivity index (χ2v) is 3.65. The molecule has 60 valence electrons. The quantitative estimate of drug-likeness (QED) is 0.719. The van der Waals surface area contributed by atoms with Crippen molar-refractivity contribution in [2.75, 3.05) is 0 Å². The molecule has 0 nitrogen and oxygen atoms in total. The number of halogens is 2. The zero-order valence-electron chi connectivity index (χ0n) is 6.40. The van der Waals surface area contributed by atoms with E-state index in [1.165, 1.54) is 3.57 Å². The first-order chi connectivity index (χ1) is 5.27. The highest BCUT2D eigenvalue weighted by molar-refractivity contribution is 14.1. The number of aryl methyl sites for hydroxylation is 1. The maximum Gasteiger partial charge on any atom is 0.115 e. The van der Waals surface area contributed by atoms with Crippen LogP contribution in [0.3, 0.4) is 0 Å². The van der Waals surface area contributed by atoms with E-state index in [9.17, 15) is 4.39 Å². The van der Waals surface area contributed by atoms with Crippen LogP contribution in [0.15, 0.2) is 18.2 Å². The van der Waals surface area contributed by atoms with Crippen molar-refractivity contribution in [1.29, 1.82) is 0 Å². The Hall–Kier alpha value is -0.120.